The number of aromatic amines is 1. The number of benzene rings is 3. The average Bonchev–Trinajstić information content (AvgIpc) is 3.40. The largest absolute Gasteiger partial charge is 0.492 e. The van der Waals surface area contributed by atoms with Gasteiger partial charge in [0.15, 0.2) is 0 Å². The second-order valence-corrected chi connectivity index (χ2v) is 8.95. The van der Waals surface area contributed by atoms with E-state index in [2.05, 4.69) is 77.0 Å². The van der Waals surface area contributed by atoms with Gasteiger partial charge in [-0.15, -0.1) is 0 Å². The van der Waals surface area contributed by atoms with Crippen LogP contribution in [0, 0.1) is 0 Å². The summed E-state index contributed by atoms with van der Waals surface area (Å²) in [5.41, 5.74) is 7.56. The van der Waals surface area contributed by atoms with E-state index >= 15 is 0 Å². The van der Waals surface area contributed by atoms with Crippen LogP contribution in [0.5, 0.6) is 5.75 Å². The number of hydrogen-bond acceptors (Lipinski definition) is 4. The standard InChI is InChI=1S/C31H34N4O2/c1-5-27(22-10-8-7-9-11-22)30(24-14-17-29-25(20-24)21-33-34-29)23-12-15-26(16-13-23)37-19-18-32-28(6-2)31(36)35(3)4/h6-17,20-21,32H,5,18-19H2,1-4H3,(H,33,34)/b28-6?,30-27+. The molecule has 0 aliphatic carbocycles. The molecule has 0 atom stereocenters. The molecule has 190 valence electrons. The zero-order valence-corrected chi connectivity index (χ0v) is 21.9. The summed E-state index contributed by atoms with van der Waals surface area (Å²) in [5.74, 6) is 0.735. The van der Waals surface area contributed by atoms with Crippen LogP contribution in [0.4, 0.5) is 0 Å². The third-order valence-electron chi connectivity index (χ3n) is 6.26. The van der Waals surface area contributed by atoms with Crippen molar-refractivity contribution in [3.63, 3.8) is 0 Å². The lowest BCUT2D eigenvalue weighted by molar-refractivity contribution is -0.125. The van der Waals surface area contributed by atoms with Crippen molar-refractivity contribution in [1.82, 2.24) is 20.4 Å². The van der Waals surface area contributed by atoms with Gasteiger partial charge < -0.3 is 15.0 Å². The van der Waals surface area contributed by atoms with Gasteiger partial charge in [-0.1, -0.05) is 61.5 Å². The van der Waals surface area contributed by atoms with Gasteiger partial charge in [-0.3, -0.25) is 9.89 Å². The van der Waals surface area contributed by atoms with Crippen molar-refractivity contribution in [2.45, 2.75) is 20.3 Å². The molecule has 0 spiro atoms. The Labute approximate surface area is 218 Å². The number of nitrogens with zero attached hydrogens (tertiary/aromatic N) is 2. The third-order valence-corrected chi connectivity index (χ3v) is 6.26. The van der Waals surface area contributed by atoms with E-state index in [1.807, 2.05) is 31.3 Å². The SMILES string of the molecule is CC=C(NCCOc1ccc(/C(=C(/CC)c2ccccc2)c2ccc3[nH]ncc3c2)cc1)C(=O)N(C)C. The highest BCUT2D eigenvalue weighted by Crippen LogP contribution is 2.36. The van der Waals surface area contributed by atoms with Crippen LogP contribution >= 0.6 is 0 Å². The molecule has 0 aliphatic rings. The van der Waals surface area contributed by atoms with E-state index in [0.29, 0.717) is 18.8 Å². The van der Waals surface area contributed by atoms with Gasteiger partial charge in [-0.05, 0) is 65.4 Å². The van der Waals surface area contributed by atoms with Crippen LogP contribution < -0.4 is 10.1 Å². The highest BCUT2D eigenvalue weighted by atomic mass is 16.5. The van der Waals surface area contributed by atoms with E-state index in [4.69, 9.17) is 4.74 Å². The first-order valence-corrected chi connectivity index (χ1v) is 12.6. The van der Waals surface area contributed by atoms with Gasteiger partial charge in [0.05, 0.1) is 17.4 Å². The van der Waals surface area contributed by atoms with Crippen LogP contribution in [0.2, 0.25) is 0 Å². The molecule has 0 unspecified atom stereocenters. The Bertz CT molecular complexity index is 1400. The van der Waals surface area contributed by atoms with Crippen molar-refractivity contribution in [1.29, 1.82) is 0 Å². The molecule has 4 aromatic rings. The molecule has 2 N–H and O–H groups in total. The second kappa shape index (κ2) is 12.1. The highest BCUT2D eigenvalue weighted by Gasteiger charge is 2.14. The van der Waals surface area contributed by atoms with Crippen molar-refractivity contribution < 1.29 is 9.53 Å². The van der Waals surface area contributed by atoms with Crippen LogP contribution in [-0.4, -0.2) is 48.3 Å². The molecule has 6 nitrogen and oxygen atoms in total. The van der Waals surface area contributed by atoms with Crippen molar-refractivity contribution in [2.75, 3.05) is 27.2 Å². The normalized spacial score (nSPS) is 12.3. The summed E-state index contributed by atoms with van der Waals surface area (Å²) in [6.45, 7) is 5.02. The van der Waals surface area contributed by atoms with E-state index < -0.39 is 0 Å². The van der Waals surface area contributed by atoms with Crippen LogP contribution in [0.15, 0.2) is 90.8 Å². The number of likely N-dealkylation sites (N-methyl/N-ethyl adjacent to an activating group) is 1. The van der Waals surface area contributed by atoms with E-state index in [1.165, 1.54) is 16.7 Å². The van der Waals surface area contributed by atoms with Crippen LogP contribution in [-0.2, 0) is 4.79 Å². The molecule has 0 bridgehead atoms. The topological polar surface area (TPSA) is 70.2 Å². The Kier molecular flexibility index (Phi) is 8.41. The maximum atomic E-state index is 12.1. The van der Waals surface area contributed by atoms with Crippen LogP contribution in [0.25, 0.3) is 22.0 Å². The van der Waals surface area contributed by atoms with Crippen molar-refractivity contribution in [3.8, 4) is 5.75 Å². The lowest BCUT2D eigenvalue weighted by Crippen LogP contribution is -2.32. The minimum atomic E-state index is -0.0510. The lowest BCUT2D eigenvalue weighted by Gasteiger charge is -2.17. The quantitative estimate of drug-likeness (QED) is 0.164. The van der Waals surface area contributed by atoms with Gasteiger partial charge in [0.25, 0.3) is 5.91 Å². The molecule has 0 saturated heterocycles. The fraction of sp³-hybridized carbons (Fsp3) is 0.226. The summed E-state index contributed by atoms with van der Waals surface area (Å²) in [7, 11) is 3.48. The molecule has 0 aliphatic heterocycles. The van der Waals surface area contributed by atoms with Crippen molar-refractivity contribution >= 4 is 28.0 Å². The van der Waals surface area contributed by atoms with Gasteiger partial charge in [-0.25, -0.2) is 0 Å². The minimum Gasteiger partial charge on any atom is -0.492 e. The molecule has 1 heterocycles. The first-order valence-electron chi connectivity index (χ1n) is 12.6. The smallest absolute Gasteiger partial charge is 0.269 e. The summed E-state index contributed by atoms with van der Waals surface area (Å²) in [5, 5.41) is 11.5. The number of carbonyl (C=O) groups excluding carboxylic acids is 1. The first kappa shape index (κ1) is 25.8. The van der Waals surface area contributed by atoms with Crippen molar-refractivity contribution in [3.05, 3.63) is 107 Å². The number of rotatable bonds is 10. The van der Waals surface area contributed by atoms with Gasteiger partial charge >= 0.3 is 0 Å². The number of fused-ring (bicyclic) bond motifs is 1. The van der Waals surface area contributed by atoms with E-state index in [9.17, 15) is 4.79 Å². The predicted octanol–water partition coefficient (Wildman–Crippen LogP) is 5.89. The number of allylic oxidation sites excluding steroid dienone is 2. The number of carbonyl (C=O) groups is 1. The predicted molar refractivity (Wildman–Crippen MR) is 151 cm³/mol. The Morgan fingerprint density at radius 2 is 1.73 bits per heavy atom. The molecule has 6 heteroatoms. The van der Waals surface area contributed by atoms with Crippen LogP contribution in [0.3, 0.4) is 0 Å². The van der Waals surface area contributed by atoms with Gasteiger partial charge in [0, 0.05) is 26.0 Å². The zero-order chi connectivity index (χ0) is 26.2. The number of ether oxygens (including phenoxy) is 1. The molecule has 3 aromatic carbocycles. The molecule has 1 aromatic heterocycles. The summed E-state index contributed by atoms with van der Waals surface area (Å²) in [6, 6.07) is 25.2. The fourth-order valence-electron chi connectivity index (χ4n) is 4.39. The average molecular weight is 495 g/mol. The third kappa shape index (κ3) is 6.09. The summed E-state index contributed by atoms with van der Waals surface area (Å²) in [4.78, 5) is 13.7. The molecule has 0 fully saturated rings. The molecule has 37 heavy (non-hydrogen) atoms. The Hall–Kier alpha value is -4.32. The second-order valence-electron chi connectivity index (χ2n) is 8.95. The Balaban J connectivity index is 1.58. The molecular weight excluding hydrogens is 460 g/mol. The maximum absolute atomic E-state index is 12.1. The number of hydrogen-bond donors (Lipinski definition) is 2. The van der Waals surface area contributed by atoms with E-state index in [0.717, 1.165) is 34.2 Å². The Morgan fingerprint density at radius 3 is 2.41 bits per heavy atom. The highest BCUT2D eigenvalue weighted by molar-refractivity contribution is 6.00. The number of nitrogens with one attached hydrogen (secondary N) is 2. The first-order chi connectivity index (χ1) is 18.0. The molecule has 0 radical (unpaired) electrons. The van der Waals surface area contributed by atoms with Gasteiger partial charge in [0.2, 0.25) is 0 Å². The van der Waals surface area contributed by atoms with Gasteiger partial charge in [0.1, 0.15) is 12.4 Å². The van der Waals surface area contributed by atoms with Crippen molar-refractivity contribution in [2.24, 2.45) is 0 Å². The maximum Gasteiger partial charge on any atom is 0.269 e. The summed E-state index contributed by atoms with van der Waals surface area (Å²) < 4.78 is 5.96. The van der Waals surface area contributed by atoms with E-state index in [1.54, 1.807) is 25.1 Å². The molecule has 4 rings (SSSR count). The Morgan fingerprint density at radius 1 is 1.00 bits per heavy atom. The number of amides is 1. The molecular formula is C31H34N4O2. The minimum absolute atomic E-state index is 0.0510. The summed E-state index contributed by atoms with van der Waals surface area (Å²) in [6.07, 6.45) is 4.54. The molecule has 0 saturated carbocycles. The summed E-state index contributed by atoms with van der Waals surface area (Å²) >= 11 is 0. The molecule has 1 amide bonds. The lowest BCUT2D eigenvalue weighted by atomic mass is 9.88. The van der Waals surface area contributed by atoms with Gasteiger partial charge in [-0.2, -0.15) is 5.10 Å². The van der Waals surface area contributed by atoms with Crippen LogP contribution in [0.1, 0.15) is 37.0 Å². The number of aromatic nitrogens is 2. The van der Waals surface area contributed by atoms with E-state index in [-0.39, 0.29) is 5.91 Å². The monoisotopic (exact) mass is 494 g/mol. The zero-order valence-electron chi connectivity index (χ0n) is 21.9. The fourth-order valence-corrected chi connectivity index (χ4v) is 4.39. The number of H-pyrrole nitrogens is 1.